The molecule has 0 radical (unpaired) electrons. The molecule has 3 aromatic carbocycles. The zero-order valence-corrected chi connectivity index (χ0v) is 22.6. The van der Waals surface area contributed by atoms with Crippen LogP contribution >= 0.6 is 11.6 Å². The van der Waals surface area contributed by atoms with Crippen molar-refractivity contribution in [3.8, 4) is 11.5 Å². The van der Waals surface area contributed by atoms with E-state index in [-0.39, 0.29) is 5.56 Å². The molecule has 0 bridgehead atoms. The molecule has 200 valence electrons. The van der Waals surface area contributed by atoms with E-state index in [4.69, 9.17) is 21.1 Å². The third-order valence-electron chi connectivity index (χ3n) is 6.41. The molecule has 0 aliphatic heterocycles. The fraction of sp³-hybridized carbons (Fsp3) is 0.241. The SMILES string of the molecule is CCOc1ccc2[nH]c(=O)c(CN(Cc3ccccc3Cl)Cc3nnnn3Cc3ccc(OC)cc3)cc2c1. The number of nitrogens with one attached hydrogen (secondary N) is 1. The number of H-pyrrole nitrogens is 1. The third kappa shape index (κ3) is 6.45. The molecule has 0 saturated carbocycles. The van der Waals surface area contributed by atoms with Crippen LogP contribution in [0.15, 0.2) is 77.6 Å². The van der Waals surface area contributed by atoms with Gasteiger partial charge in [-0.3, -0.25) is 9.69 Å². The number of tetrazole rings is 1. The average molecular weight is 545 g/mol. The molecule has 0 aliphatic rings. The fourth-order valence-corrected chi connectivity index (χ4v) is 4.64. The van der Waals surface area contributed by atoms with E-state index in [0.29, 0.717) is 49.2 Å². The van der Waals surface area contributed by atoms with Crippen LogP contribution in [-0.2, 0) is 26.2 Å². The number of benzene rings is 3. The normalized spacial score (nSPS) is 11.3. The summed E-state index contributed by atoms with van der Waals surface area (Å²) in [5, 5.41) is 14.0. The number of hydrogen-bond donors (Lipinski definition) is 1. The Hall–Kier alpha value is -4.21. The summed E-state index contributed by atoms with van der Waals surface area (Å²) in [7, 11) is 1.64. The minimum absolute atomic E-state index is 0.145. The van der Waals surface area contributed by atoms with Crippen LogP contribution in [0.25, 0.3) is 10.9 Å². The lowest BCUT2D eigenvalue weighted by Gasteiger charge is -2.22. The molecule has 5 aromatic rings. The molecule has 0 amide bonds. The number of hydrogen-bond acceptors (Lipinski definition) is 7. The Kier molecular flexibility index (Phi) is 8.19. The van der Waals surface area contributed by atoms with E-state index in [1.165, 1.54) is 0 Å². The van der Waals surface area contributed by atoms with Gasteiger partial charge in [0.2, 0.25) is 0 Å². The van der Waals surface area contributed by atoms with E-state index in [1.54, 1.807) is 11.8 Å². The summed E-state index contributed by atoms with van der Waals surface area (Å²) in [4.78, 5) is 18.2. The van der Waals surface area contributed by atoms with Gasteiger partial charge in [-0.25, -0.2) is 4.68 Å². The van der Waals surface area contributed by atoms with Gasteiger partial charge in [-0.2, -0.15) is 0 Å². The third-order valence-corrected chi connectivity index (χ3v) is 6.78. The van der Waals surface area contributed by atoms with Crippen molar-refractivity contribution in [2.75, 3.05) is 13.7 Å². The molecule has 2 heterocycles. The molecular weight excluding hydrogens is 516 g/mol. The Morgan fingerprint density at radius 3 is 2.49 bits per heavy atom. The molecule has 0 spiro atoms. The van der Waals surface area contributed by atoms with Crippen LogP contribution in [0.1, 0.15) is 29.4 Å². The number of aromatic amines is 1. The van der Waals surface area contributed by atoms with Crippen LogP contribution in [-0.4, -0.2) is 43.8 Å². The Morgan fingerprint density at radius 1 is 0.949 bits per heavy atom. The smallest absolute Gasteiger partial charge is 0.252 e. The van der Waals surface area contributed by atoms with Crippen LogP contribution in [0.4, 0.5) is 0 Å². The zero-order valence-electron chi connectivity index (χ0n) is 21.8. The van der Waals surface area contributed by atoms with E-state index < -0.39 is 0 Å². The van der Waals surface area contributed by atoms with E-state index in [0.717, 1.165) is 33.5 Å². The molecule has 0 saturated heterocycles. The van der Waals surface area contributed by atoms with E-state index in [9.17, 15) is 4.79 Å². The number of ether oxygens (including phenoxy) is 2. The fourth-order valence-electron chi connectivity index (χ4n) is 4.44. The number of fused-ring (bicyclic) bond motifs is 1. The molecule has 0 fully saturated rings. The Balaban J connectivity index is 1.44. The highest BCUT2D eigenvalue weighted by Gasteiger charge is 2.17. The van der Waals surface area contributed by atoms with Crippen LogP contribution < -0.4 is 15.0 Å². The molecule has 0 atom stereocenters. The number of aromatic nitrogens is 5. The van der Waals surface area contributed by atoms with Gasteiger partial charge in [0.15, 0.2) is 5.82 Å². The monoisotopic (exact) mass is 544 g/mol. The highest BCUT2D eigenvalue weighted by atomic mass is 35.5. The molecule has 1 N–H and O–H groups in total. The standard InChI is InChI=1S/C29H29ClN6O3/c1-3-39-25-12-13-27-22(15-25)14-23(29(37)31-27)18-35(17-21-6-4-5-7-26(21)30)19-28-32-33-34-36(28)16-20-8-10-24(38-2)11-9-20/h4-15H,3,16-19H2,1-2H3,(H,31,37). The molecule has 0 aliphatic carbocycles. The largest absolute Gasteiger partial charge is 0.497 e. The van der Waals surface area contributed by atoms with Crippen LogP contribution in [0.2, 0.25) is 5.02 Å². The Bertz CT molecular complexity index is 1620. The second kappa shape index (κ2) is 12.1. The van der Waals surface area contributed by atoms with Crippen LogP contribution in [0, 0.1) is 0 Å². The molecule has 9 nitrogen and oxygen atoms in total. The van der Waals surface area contributed by atoms with Crippen molar-refractivity contribution >= 4 is 22.5 Å². The molecule has 5 rings (SSSR count). The van der Waals surface area contributed by atoms with E-state index in [2.05, 4.69) is 25.4 Å². The average Bonchev–Trinajstić information content (AvgIpc) is 3.37. The first kappa shape index (κ1) is 26.4. The first-order chi connectivity index (χ1) is 19.0. The summed E-state index contributed by atoms with van der Waals surface area (Å²) in [5.41, 5.74) is 3.22. The molecular formula is C29H29ClN6O3. The predicted molar refractivity (Wildman–Crippen MR) is 150 cm³/mol. The van der Waals surface area contributed by atoms with Gasteiger partial charge in [0, 0.05) is 34.6 Å². The van der Waals surface area contributed by atoms with Crippen molar-refractivity contribution in [2.45, 2.75) is 33.1 Å². The van der Waals surface area contributed by atoms with Gasteiger partial charge in [-0.05, 0) is 70.9 Å². The van der Waals surface area contributed by atoms with Crippen LogP contribution in [0.5, 0.6) is 11.5 Å². The van der Waals surface area contributed by atoms with Crippen molar-refractivity contribution in [3.05, 3.63) is 111 Å². The Labute approximate surface area is 230 Å². The lowest BCUT2D eigenvalue weighted by atomic mass is 10.1. The van der Waals surface area contributed by atoms with Gasteiger partial charge < -0.3 is 14.5 Å². The van der Waals surface area contributed by atoms with Gasteiger partial charge in [-0.15, -0.1) is 5.10 Å². The minimum Gasteiger partial charge on any atom is -0.497 e. The summed E-state index contributed by atoms with van der Waals surface area (Å²) in [6.45, 7) is 4.29. The maximum Gasteiger partial charge on any atom is 0.252 e. The maximum atomic E-state index is 13.1. The molecule has 2 aromatic heterocycles. The second-order valence-electron chi connectivity index (χ2n) is 9.14. The number of halogens is 1. The van der Waals surface area contributed by atoms with Crippen LogP contribution in [0.3, 0.4) is 0 Å². The highest BCUT2D eigenvalue weighted by molar-refractivity contribution is 6.31. The highest BCUT2D eigenvalue weighted by Crippen LogP contribution is 2.22. The number of methoxy groups -OCH3 is 1. The summed E-state index contributed by atoms with van der Waals surface area (Å²) in [5.74, 6) is 2.22. The van der Waals surface area contributed by atoms with Crippen molar-refractivity contribution in [1.29, 1.82) is 0 Å². The molecule has 39 heavy (non-hydrogen) atoms. The second-order valence-corrected chi connectivity index (χ2v) is 9.55. The first-order valence-corrected chi connectivity index (χ1v) is 13.0. The van der Waals surface area contributed by atoms with Crippen molar-refractivity contribution in [3.63, 3.8) is 0 Å². The number of pyridine rings is 1. The summed E-state index contributed by atoms with van der Waals surface area (Å²) >= 11 is 6.51. The number of nitrogens with zero attached hydrogens (tertiary/aromatic N) is 5. The lowest BCUT2D eigenvalue weighted by Crippen LogP contribution is -2.28. The number of rotatable bonds is 11. The van der Waals surface area contributed by atoms with Gasteiger partial charge in [0.05, 0.1) is 26.8 Å². The first-order valence-electron chi connectivity index (χ1n) is 12.6. The van der Waals surface area contributed by atoms with Crippen molar-refractivity contribution < 1.29 is 9.47 Å². The van der Waals surface area contributed by atoms with Gasteiger partial charge in [0.25, 0.3) is 5.56 Å². The minimum atomic E-state index is -0.145. The Morgan fingerprint density at radius 2 is 1.72 bits per heavy atom. The van der Waals surface area contributed by atoms with Gasteiger partial charge >= 0.3 is 0 Å². The summed E-state index contributed by atoms with van der Waals surface area (Å²) < 4.78 is 12.7. The topological polar surface area (TPSA) is 98.2 Å². The lowest BCUT2D eigenvalue weighted by molar-refractivity contribution is 0.236. The van der Waals surface area contributed by atoms with Crippen molar-refractivity contribution in [2.24, 2.45) is 0 Å². The summed E-state index contributed by atoms with van der Waals surface area (Å²) in [6, 6.07) is 23.0. The predicted octanol–water partition coefficient (Wildman–Crippen LogP) is 4.83. The molecule has 10 heteroatoms. The summed E-state index contributed by atoms with van der Waals surface area (Å²) in [6.07, 6.45) is 0. The van der Waals surface area contributed by atoms with Crippen molar-refractivity contribution in [1.82, 2.24) is 30.1 Å². The van der Waals surface area contributed by atoms with E-state index in [1.807, 2.05) is 79.7 Å². The van der Waals surface area contributed by atoms with Gasteiger partial charge in [0.1, 0.15) is 11.5 Å². The van der Waals surface area contributed by atoms with E-state index >= 15 is 0 Å². The van der Waals surface area contributed by atoms with Gasteiger partial charge in [-0.1, -0.05) is 41.9 Å². The maximum absolute atomic E-state index is 13.1. The molecule has 0 unspecified atom stereocenters. The zero-order chi connectivity index (χ0) is 27.2. The quantitative estimate of drug-likeness (QED) is 0.254.